The lowest BCUT2D eigenvalue weighted by atomic mass is 10.1. The van der Waals surface area contributed by atoms with Crippen molar-refractivity contribution < 1.29 is 0 Å². The molecule has 0 saturated heterocycles. The van der Waals surface area contributed by atoms with Gasteiger partial charge in [0.1, 0.15) is 5.69 Å². The average molecular weight is 243 g/mol. The zero-order chi connectivity index (χ0) is 11.6. The molecule has 0 spiro atoms. The minimum atomic E-state index is 0.210. The van der Waals surface area contributed by atoms with Gasteiger partial charge < -0.3 is 0 Å². The van der Waals surface area contributed by atoms with Gasteiger partial charge in [0, 0.05) is 0 Å². The number of rotatable bonds is 3. The fourth-order valence-electron chi connectivity index (χ4n) is 1.15. The Morgan fingerprint density at radius 3 is 2.40 bits per heavy atom. The summed E-state index contributed by atoms with van der Waals surface area (Å²) in [7, 11) is 0. The van der Waals surface area contributed by atoms with Gasteiger partial charge in [0.2, 0.25) is 0 Å². The van der Waals surface area contributed by atoms with Crippen LogP contribution in [0.4, 0.5) is 0 Å². The highest BCUT2D eigenvalue weighted by Crippen LogP contribution is 2.26. The Labute approximate surface area is 99.7 Å². The summed E-state index contributed by atoms with van der Waals surface area (Å²) in [6.07, 6.45) is 1.60. The van der Waals surface area contributed by atoms with Crippen LogP contribution in [0.5, 0.6) is 0 Å². The van der Waals surface area contributed by atoms with E-state index in [0.29, 0.717) is 21.6 Å². The molecule has 1 rings (SSSR count). The number of nitrogens with zero attached hydrogens (tertiary/aromatic N) is 2. The number of hydrogen-bond donors (Lipinski definition) is 0. The summed E-state index contributed by atoms with van der Waals surface area (Å²) >= 11 is 11.8. The molecule has 1 aromatic rings. The molecule has 0 aliphatic rings. The molecule has 0 amide bonds. The molecule has 0 unspecified atom stereocenters. The van der Waals surface area contributed by atoms with Crippen molar-refractivity contribution in [3.05, 3.63) is 35.4 Å². The van der Waals surface area contributed by atoms with Gasteiger partial charge >= 0.3 is 0 Å². The van der Waals surface area contributed by atoms with Crippen molar-refractivity contribution in [2.45, 2.75) is 19.8 Å². The van der Waals surface area contributed by atoms with E-state index in [9.17, 15) is 0 Å². The molecule has 0 atom stereocenters. The first-order valence-electron chi connectivity index (χ1n) is 4.52. The van der Waals surface area contributed by atoms with E-state index in [-0.39, 0.29) is 5.92 Å². The summed E-state index contributed by atoms with van der Waals surface area (Å²) < 4.78 is 0. The van der Waals surface area contributed by atoms with Crippen LogP contribution >= 0.6 is 23.2 Å². The highest BCUT2D eigenvalue weighted by molar-refractivity contribution is 6.48. The monoisotopic (exact) mass is 242 g/mol. The lowest BCUT2D eigenvalue weighted by Gasteiger charge is -2.10. The van der Waals surface area contributed by atoms with Crippen LogP contribution in [-0.4, -0.2) is 9.97 Å². The van der Waals surface area contributed by atoms with E-state index in [2.05, 4.69) is 23.1 Å². The maximum absolute atomic E-state index is 5.99. The lowest BCUT2D eigenvalue weighted by molar-refractivity contribution is 0.808. The van der Waals surface area contributed by atoms with Gasteiger partial charge in [-0.25, -0.2) is 9.97 Å². The van der Waals surface area contributed by atoms with Crippen LogP contribution in [0.25, 0.3) is 11.1 Å². The molecular weight excluding hydrogens is 231 g/mol. The van der Waals surface area contributed by atoms with Gasteiger partial charge in [-0.15, -0.1) is 0 Å². The van der Waals surface area contributed by atoms with Crippen LogP contribution in [0.2, 0.25) is 5.15 Å². The van der Waals surface area contributed by atoms with E-state index in [1.54, 1.807) is 6.08 Å². The largest absolute Gasteiger partial charge is 0.248 e. The second kappa shape index (κ2) is 4.77. The van der Waals surface area contributed by atoms with Gasteiger partial charge in [-0.2, -0.15) is 0 Å². The lowest BCUT2D eigenvalue weighted by Crippen LogP contribution is -2.02. The minimum absolute atomic E-state index is 0.210. The maximum atomic E-state index is 5.99. The second-order valence-corrected chi connectivity index (χ2v) is 4.21. The second-order valence-electron chi connectivity index (χ2n) is 3.40. The van der Waals surface area contributed by atoms with Crippen molar-refractivity contribution in [3.8, 4) is 0 Å². The van der Waals surface area contributed by atoms with E-state index in [1.807, 2.05) is 13.8 Å². The van der Waals surface area contributed by atoms with Crippen molar-refractivity contribution in [1.82, 2.24) is 9.97 Å². The first-order chi connectivity index (χ1) is 6.97. The summed E-state index contributed by atoms with van der Waals surface area (Å²) in [5.74, 6) is 0.210. The van der Waals surface area contributed by atoms with E-state index < -0.39 is 0 Å². The molecule has 15 heavy (non-hydrogen) atoms. The van der Waals surface area contributed by atoms with Crippen molar-refractivity contribution in [1.29, 1.82) is 0 Å². The molecule has 1 heterocycles. The van der Waals surface area contributed by atoms with Gasteiger partial charge in [-0.05, 0) is 12.0 Å². The zero-order valence-electron chi connectivity index (χ0n) is 8.72. The Bertz CT molecular complexity index is 411. The fourth-order valence-corrected chi connectivity index (χ4v) is 1.63. The maximum Gasteiger partial charge on any atom is 0.151 e. The summed E-state index contributed by atoms with van der Waals surface area (Å²) in [5, 5.41) is 0.682. The zero-order valence-corrected chi connectivity index (χ0v) is 10.2. The molecule has 0 fully saturated rings. The topological polar surface area (TPSA) is 25.8 Å². The quantitative estimate of drug-likeness (QED) is 0.798. The molecule has 1 aromatic heterocycles. The van der Waals surface area contributed by atoms with Crippen LogP contribution in [0.1, 0.15) is 36.8 Å². The van der Waals surface area contributed by atoms with Gasteiger partial charge in [0.15, 0.2) is 5.15 Å². The molecular formula is C11H12Cl2N2. The van der Waals surface area contributed by atoms with Crippen molar-refractivity contribution in [2.75, 3.05) is 0 Å². The van der Waals surface area contributed by atoms with E-state index in [4.69, 9.17) is 23.2 Å². The third kappa shape index (κ3) is 2.58. The van der Waals surface area contributed by atoms with Gasteiger partial charge in [0.05, 0.1) is 16.4 Å². The Kier molecular flexibility index (Phi) is 3.89. The first kappa shape index (κ1) is 12.2. The molecule has 2 nitrogen and oxygen atoms in total. The Hall–Kier alpha value is -0.860. The molecule has 0 aliphatic carbocycles. The number of halogens is 2. The molecule has 0 radical (unpaired) electrons. The molecule has 4 heteroatoms. The molecule has 80 valence electrons. The summed E-state index contributed by atoms with van der Waals surface area (Å²) in [4.78, 5) is 8.52. The van der Waals surface area contributed by atoms with Crippen LogP contribution in [0.15, 0.2) is 13.2 Å². The van der Waals surface area contributed by atoms with Crippen molar-refractivity contribution in [3.63, 3.8) is 0 Å². The van der Waals surface area contributed by atoms with Crippen molar-refractivity contribution >= 4 is 34.3 Å². The number of aromatic nitrogens is 2. The first-order valence-corrected chi connectivity index (χ1v) is 5.27. The average Bonchev–Trinajstić information content (AvgIpc) is 2.16. The standard InChI is InChI=1S/C11H12Cl2N2/c1-5-8-10(7(4)12)15-11(13)9(14-8)6(2)3/h5-6H,1,4H2,2-3H3. The van der Waals surface area contributed by atoms with Gasteiger partial charge in [0.25, 0.3) is 0 Å². The van der Waals surface area contributed by atoms with Crippen molar-refractivity contribution in [2.24, 2.45) is 0 Å². The Balaban J connectivity index is 3.42. The normalized spacial score (nSPS) is 10.5. The van der Waals surface area contributed by atoms with E-state index in [1.165, 1.54) is 0 Å². The third-order valence-electron chi connectivity index (χ3n) is 1.90. The van der Waals surface area contributed by atoms with Crippen LogP contribution in [0, 0.1) is 0 Å². The van der Waals surface area contributed by atoms with E-state index in [0.717, 1.165) is 5.69 Å². The van der Waals surface area contributed by atoms with Gasteiger partial charge in [-0.1, -0.05) is 50.2 Å². The van der Waals surface area contributed by atoms with Crippen LogP contribution < -0.4 is 0 Å². The highest BCUT2D eigenvalue weighted by atomic mass is 35.5. The Morgan fingerprint density at radius 1 is 1.40 bits per heavy atom. The molecule has 0 N–H and O–H groups in total. The predicted molar refractivity (Wildman–Crippen MR) is 66.1 cm³/mol. The minimum Gasteiger partial charge on any atom is -0.248 e. The smallest absolute Gasteiger partial charge is 0.151 e. The molecule has 0 aliphatic heterocycles. The summed E-state index contributed by atoms with van der Waals surface area (Å²) in [6.45, 7) is 11.3. The fraction of sp³-hybridized carbons (Fsp3) is 0.273. The highest BCUT2D eigenvalue weighted by Gasteiger charge is 2.14. The van der Waals surface area contributed by atoms with Crippen LogP contribution in [0.3, 0.4) is 0 Å². The molecule has 0 aromatic carbocycles. The van der Waals surface area contributed by atoms with Crippen LogP contribution in [-0.2, 0) is 0 Å². The molecule has 0 bridgehead atoms. The Morgan fingerprint density at radius 2 is 2.00 bits per heavy atom. The van der Waals surface area contributed by atoms with Gasteiger partial charge in [-0.3, -0.25) is 0 Å². The molecule has 0 saturated carbocycles. The van der Waals surface area contributed by atoms with E-state index >= 15 is 0 Å². The predicted octanol–water partition coefficient (Wildman–Crippen LogP) is 4.11. The summed E-state index contributed by atoms with van der Waals surface area (Å²) in [6, 6.07) is 0. The SMILES string of the molecule is C=Cc1nc(C(C)C)c(Cl)nc1C(=C)Cl. The number of hydrogen-bond acceptors (Lipinski definition) is 2. The third-order valence-corrected chi connectivity index (χ3v) is 2.36. The summed E-state index contributed by atoms with van der Waals surface area (Å²) in [5.41, 5.74) is 1.84.